The van der Waals surface area contributed by atoms with Gasteiger partial charge in [0, 0.05) is 18.4 Å². The van der Waals surface area contributed by atoms with E-state index in [1.165, 1.54) is 36.8 Å². The highest BCUT2D eigenvalue weighted by atomic mass is 16.5. The molecule has 10 heteroatoms. The maximum atomic E-state index is 13.5. The molecule has 4 aromatic rings. The van der Waals surface area contributed by atoms with Gasteiger partial charge in [0.2, 0.25) is 5.95 Å². The van der Waals surface area contributed by atoms with E-state index in [0.717, 1.165) is 12.1 Å². The molecule has 1 aromatic carbocycles. The number of anilines is 3. The lowest BCUT2D eigenvalue weighted by Crippen LogP contribution is -2.40. The van der Waals surface area contributed by atoms with Crippen LogP contribution in [-0.2, 0) is 23.2 Å². The molecule has 2 aliphatic heterocycles. The van der Waals surface area contributed by atoms with Crippen molar-refractivity contribution in [1.29, 1.82) is 0 Å². The summed E-state index contributed by atoms with van der Waals surface area (Å²) in [5.74, 6) is 1.75. The van der Waals surface area contributed by atoms with Crippen molar-refractivity contribution in [2.75, 3.05) is 23.4 Å². The van der Waals surface area contributed by atoms with Gasteiger partial charge in [-0.05, 0) is 79.3 Å². The number of rotatable bonds is 2. The molecule has 0 unspecified atom stereocenters. The number of allylic oxidation sites excluding steroid dienone is 1. The van der Waals surface area contributed by atoms with Crippen LogP contribution in [0.1, 0.15) is 43.2 Å². The molecule has 0 atom stereocenters. The number of ether oxygens (including phenoxy) is 1. The molecule has 8 rings (SSSR count). The SMILES string of the molecule is O=C1COc2ccc3nc2N1CCC=CCn1c(=O)c2cnc(Nc4ccc5c(c4)C4(CCC5)CC4)nc2n1-3. The summed E-state index contributed by atoms with van der Waals surface area (Å²) >= 11 is 0. The van der Waals surface area contributed by atoms with E-state index in [-0.39, 0.29) is 18.1 Å². The number of nitrogens with zero attached hydrogens (tertiary/aromatic N) is 6. The first-order valence-corrected chi connectivity index (χ1v) is 13.6. The molecule has 2 aliphatic carbocycles. The minimum Gasteiger partial charge on any atom is -0.480 e. The standard InChI is InChI=1S/C29H27N7O3/c37-24-17-39-22-8-9-23-32-26(22)34(24)13-2-1-3-14-35-27(38)20-16-30-28(33-25(20)36(23)35)31-19-7-6-18-5-4-10-29(11-12-29)21(18)15-19/h1,3,6-9,15-16H,2,4-5,10-14,17H2,(H,30,31,33). The number of nitrogens with one attached hydrogen (secondary N) is 1. The van der Waals surface area contributed by atoms with Crippen LogP contribution in [0.5, 0.6) is 5.75 Å². The molecule has 2 bridgehead atoms. The normalized spacial score (nSPS) is 18.8. The largest absolute Gasteiger partial charge is 0.480 e. The highest BCUT2D eigenvalue weighted by Crippen LogP contribution is 2.55. The fraction of sp³-hybridized carbons (Fsp3) is 0.345. The topological polar surface area (TPSA) is 107 Å². The van der Waals surface area contributed by atoms with Crippen LogP contribution in [0.25, 0.3) is 16.9 Å². The zero-order valence-electron chi connectivity index (χ0n) is 21.4. The number of carbonyl (C=O) groups excluding carboxylic acids is 1. The van der Waals surface area contributed by atoms with Crippen LogP contribution in [0.2, 0.25) is 0 Å². The van der Waals surface area contributed by atoms with Crippen molar-refractivity contribution >= 4 is 34.4 Å². The molecule has 1 spiro atoms. The molecule has 3 aromatic heterocycles. The summed E-state index contributed by atoms with van der Waals surface area (Å²) in [6, 6.07) is 10.1. The van der Waals surface area contributed by atoms with Crippen molar-refractivity contribution in [1.82, 2.24) is 24.3 Å². The van der Waals surface area contributed by atoms with Crippen molar-refractivity contribution in [3.05, 3.63) is 70.2 Å². The molecule has 4 aliphatic rings. The number of amides is 1. The predicted molar refractivity (Wildman–Crippen MR) is 146 cm³/mol. The second kappa shape index (κ2) is 8.26. The number of aryl methyl sites for hydroxylation is 1. The molecule has 1 saturated carbocycles. The Bertz CT molecular complexity index is 1760. The molecule has 1 fully saturated rings. The van der Waals surface area contributed by atoms with Crippen molar-refractivity contribution in [2.45, 2.75) is 50.5 Å². The second-order valence-electron chi connectivity index (χ2n) is 10.8. The lowest BCUT2D eigenvalue weighted by Gasteiger charge is -2.28. The number of hydrogen-bond donors (Lipinski definition) is 1. The number of fused-ring (bicyclic) bond motifs is 7. The van der Waals surface area contributed by atoms with E-state index in [1.807, 2.05) is 12.2 Å². The zero-order valence-corrected chi connectivity index (χ0v) is 21.4. The Morgan fingerprint density at radius 1 is 1.03 bits per heavy atom. The molecule has 10 nitrogen and oxygen atoms in total. The van der Waals surface area contributed by atoms with Gasteiger partial charge in [0.1, 0.15) is 5.39 Å². The van der Waals surface area contributed by atoms with Gasteiger partial charge in [-0.25, -0.2) is 19.3 Å². The fourth-order valence-corrected chi connectivity index (χ4v) is 6.32. The molecular formula is C29H27N7O3. The van der Waals surface area contributed by atoms with E-state index in [0.29, 0.717) is 59.3 Å². The van der Waals surface area contributed by atoms with E-state index in [2.05, 4.69) is 28.5 Å². The summed E-state index contributed by atoms with van der Waals surface area (Å²) in [6.07, 6.45) is 12.3. The first kappa shape index (κ1) is 22.5. The van der Waals surface area contributed by atoms with Gasteiger partial charge >= 0.3 is 0 Å². The van der Waals surface area contributed by atoms with Crippen LogP contribution in [0.15, 0.2) is 53.5 Å². The second-order valence-corrected chi connectivity index (χ2v) is 10.8. The quantitative estimate of drug-likeness (QED) is 0.400. The number of pyridine rings is 1. The third-order valence-electron chi connectivity index (χ3n) is 8.48. The van der Waals surface area contributed by atoms with E-state index < -0.39 is 0 Å². The Labute approximate surface area is 223 Å². The predicted octanol–water partition coefficient (Wildman–Crippen LogP) is 3.77. The van der Waals surface area contributed by atoms with Crippen LogP contribution >= 0.6 is 0 Å². The summed E-state index contributed by atoms with van der Waals surface area (Å²) in [4.78, 5) is 41.8. The Balaban J connectivity index is 1.25. The van der Waals surface area contributed by atoms with Crippen LogP contribution in [0.4, 0.5) is 17.5 Å². The number of hydrogen-bond acceptors (Lipinski definition) is 7. The van der Waals surface area contributed by atoms with Gasteiger partial charge in [-0.2, -0.15) is 4.98 Å². The highest BCUT2D eigenvalue weighted by molar-refractivity contribution is 5.96. The van der Waals surface area contributed by atoms with Crippen LogP contribution in [0, 0.1) is 0 Å². The Morgan fingerprint density at radius 2 is 1.95 bits per heavy atom. The lowest BCUT2D eigenvalue weighted by molar-refractivity contribution is -0.121. The van der Waals surface area contributed by atoms with Gasteiger partial charge in [-0.15, -0.1) is 0 Å². The summed E-state index contributed by atoms with van der Waals surface area (Å²) in [7, 11) is 0. The fourth-order valence-electron chi connectivity index (χ4n) is 6.32. The van der Waals surface area contributed by atoms with Crippen molar-refractivity contribution in [3.63, 3.8) is 0 Å². The van der Waals surface area contributed by atoms with E-state index in [9.17, 15) is 9.59 Å². The average molecular weight is 522 g/mol. The minimum absolute atomic E-state index is 0.0129. The third kappa shape index (κ3) is 3.50. The summed E-state index contributed by atoms with van der Waals surface area (Å²) < 4.78 is 8.95. The van der Waals surface area contributed by atoms with Crippen LogP contribution < -0.4 is 20.5 Å². The number of aromatic nitrogens is 5. The van der Waals surface area contributed by atoms with Gasteiger partial charge in [-0.1, -0.05) is 18.2 Å². The molecule has 39 heavy (non-hydrogen) atoms. The van der Waals surface area contributed by atoms with E-state index in [1.54, 1.807) is 32.6 Å². The molecule has 196 valence electrons. The highest BCUT2D eigenvalue weighted by Gasteiger charge is 2.46. The minimum atomic E-state index is -0.200. The van der Waals surface area contributed by atoms with E-state index in [4.69, 9.17) is 14.7 Å². The van der Waals surface area contributed by atoms with Gasteiger partial charge in [0.15, 0.2) is 29.6 Å². The smallest absolute Gasteiger partial charge is 0.278 e. The Hall–Kier alpha value is -4.47. The van der Waals surface area contributed by atoms with Gasteiger partial charge in [0.05, 0.1) is 6.54 Å². The molecule has 1 amide bonds. The average Bonchev–Trinajstić information content (AvgIpc) is 3.67. The third-order valence-corrected chi connectivity index (χ3v) is 8.48. The van der Waals surface area contributed by atoms with Crippen molar-refractivity contribution in [3.8, 4) is 11.6 Å². The van der Waals surface area contributed by atoms with Crippen LogP contribution in [0.3, 0.4) is 0 Å². The molecular weight excluding hydrogens is 494 g/mol. The Morgan fingerprint density at radius 3 is 2.85 bits per heavy atom. The first-order chi connectivity index (χ1) is 19.1. The number of carbonyl (C=O) groups is 1. The van der Waals surface area contributed by atoms with Gasteiger partial charge in [0.25, 0.3) is 11.5 Å². The van der Waals surface area contributed by atoms with Crippen LogP contribution in [-0.4, -0.2) is 43.4 Å². The molecule has 0 radical (unpaired) electrons. The first-order valence-electron chi connectivity index (χ1n) is 13.6. The summed E-state index contributed by atoms with van der Waals surface area (Å²) in [5.41, 5.74) is 4.47. The molecule has 1 N–H and O–H groups in total. The molecule has 0 saturated heterocycles. The lowest BCUT2D eigenvalue weighted by atomic mass is 9.80. The van der Waals surface area contributed by atoms with Crippen molar-refractivity contribution in [2.24, 2.45) is 0 Å². The van der Waals surface area contributed by atoms with Crippen molar-refractivity contribution < 1.29 is 9.53 Å². The van der Waals surface area contributed by atoms with Gasteiger partial charge < -0.3 is 10.1 Å². The maximum Gasteiger partial charge on any atom is 0.278 e. The maximum absolute atomic E-state index is 13.5. The zero-order chi connectivity index (χ0) is 26.1. The number of benzene rings is 1. The monoisotopic (exact) mass is 521 g/mol. The summed E-state index contributed by atoms with van der Waals surface area (Å²) in [6.45, 7) is 0.819. The Kier molecular flexibility index (Phi) is 4.77. The van der Waals surface area contributed by atoms with E-state index >= 15 is 0 Å². The molecule has 5 heterocycles. The van der Waals surface area contributed by atoms with Gasteiger partial charge in [-0.3, -0.25) is 14.5 Å². The summed E-state index contributed by atoms with van der Waals surface area (Å²) in [5, 5.41) is 3.78.